The van der Waals surface area contributed by atoms with Crippen LogP contribution in [0.3, 0.4) is 0 Å². The quantitative estimate of drug-likeness (QED) is 0.844. The topological polar surface area (TPSA) is 97.1 Å². The molecule has 2 heterocycles. The van der Waals surface area contributed by atoms with Crippen molar-refractivity contribution in [3.05, 3.63) is 18.3 Å². The third-order valence-electron chi connectivity index (χ3n) is 4.71. The van der Waals surface area contributed by atoms with Crippen LogP contribution in [0.1, 0.15) is 46.5 Å². The van der Waals surface area contributed by atoms with Crippen molar-refractivity contribution >= 4 is 27.3 Å². The molecular weight excluding hydrogens is 340 g/mol. The van der Waals surface area contributed by atoms with E-state index in [1.165, 1.54) is 0 Å². The van der Waals surface area contributed by atoms with Crippen LogP contribution in [-0.2, 0) is 10.0 Å². The zero-order valence-corrected chi connectivity index (χ0v) is 15.8. The van der Waals surface area contributed by atoms with E-state index in [1.54, 1.807) is 27.0 Å². The van der Waals surface area contributed by atoms with Gasteiger partial charge in [-0.15, -0.1) is 0 Å². The van der Waals surface area contributed by atoms with Gasteiger partial charge in [0.25, 0.3) is 6.01 Å². The molecule has 2 aromatic rings. The minimum Gasteiger partial charge on any atom is -0.404 e. The number of rotatable bonds is 5. The molecule has 1 aliphatic rings. The molecule has 0 aromatic carbocycles. The largest absolute Gasteiger partial charge is 0.404 e. The van der Waals surface area contributed by atoms with Gasteiger partial charge in [-0.1, -0.05) is 0 Å². The molecule has 8 heteroatoms. The summed E-state index contributed by atoms with van der Waals surface area (Å²) in [6.07, 6.45) is 5.56. The zero-order valence-electron chi connectivity index (χ0n) is 14.9. The van der Waals surface area contributed by atoms with E-state index in [1.807, 2.05) is 12.1 Å². The summed E-state index contributed by atoms with van der Waals surface area (Å²) < 4.78 is 31.9. The number of aromatic nitrogens is 2. The Balaban J connectivity index is 1.49. The second kappa shape index (κ2) is 6.92. The molecule has 0 aliphatic heterocycles. The molecule has 3 rings (SSSR count). The average Bonchev–Trinajstić information content (AvgIpc) is 2.95. The number of pyridine rings is 1. The van der Waals surface area contributed by atoms with Crippen LogP contribution in [0, 0.1) is 5.92 Å². The van der Waals surface area contributed by atoms with Crippen LogP contribution in [-0.4, -0.2) is 35.7 Å². The summed E-state index contributed by atoms with van der Waals surface area (Å²) in [6, 6.07) is 4.50. The summed E-state index contributed by atoms with van der Waals surface area (Å²) in [7, 11) is -3.27. The number of hydrogen-bond donors (Lipinski definition) is 2. The molecule has 0 saturated heterocycles. The van der Waals surface area contributed by atoms with Gasteiger partial charge in [0.1, 0.15) is 5.52 Å². The van der Waals surface area contributed by atoms with E-state index in [2.05, 4.69) is 20.0 Å². The van der Waals surface area contributed by atoms with Gasteiger partial charge in [0.15, 0.2) is 0 Å². The number of sulfonamides is 1. The molecular formula is C17H26N4O3S. The Bertz CT molecular complexity index is 785. The SMILES string of the molecule is CC(C)(C)S(=O)(=O)NCC1CCC(Nc2nc3cccnc3o2)CC1. The number of nitrogens with one attached hydrogen (secondary N) is 2. The molecule has 1 saturated carbocycles. The third kappa shape index (κ3) is 4.30. The number of anilines is 1. The van der Waals surface area contributed by atoms with Crippen LogP contribution in [0.2, 0.25) is 0 Å². The highest BCUT2D eigenvalue weighted by Gasteiger charge is 2.30. The van der Waals surface area contributed by atoms with Crippen molar-refractivity contribution in [3.8, 4) is 0 Å². The van der Waals surface area contributed by atoms with Crippen molar-refractivity contribution in [1.82, 2.24) is 14.7 Å². The summed E-state index contributed by atoms with van der Waals surface area (Å²) in [5.41, 5.74) is 1.28. The van der Waals surface area contributed by atoms with Crippen LogP contribution in [0.25, 0.3) is 11.2 Å². The van der Waals surface area contributed by atoms with Gasteiger partial charge in [0.2, 0.25) is 15.7 Å². The van der Waals surface area contributed by atoms with Crippen molar-refractivity contribution in [2.75, 3.05) is 11.9 Å². The van der Waals surface area contributed by atoms with E-state index in [-0.39, 0.29) is 0 Å². The molecule has 1 fully saturated rings. The van der Waals surface area contributed by atoms with Gasteiger partial charge in [0, 0.05) is 18.8 Å². The minimum atomic E-state index is -3.27. The fourth-order valence-corrected chi connectivity index (χ4v) is 3.85. The third-order valence-corrected chi connectivity index (χ3v) is 6.87. The lowest BCUT2D eigenvalue weighted by Gasteiger charge is -2.29. The lowest BCUT2D eigenvalue weighted by molar-refractivity contribution is 0.333. The predicted molar refractivity (Wildman–Crippen MR) is 97.8 cm³/mol. The Morgan fingerprint density at radius 3 is 2.60 bits per heavy atom. The predicted octanol–water partition coefficient (Wildman–Crippen LogP) is 2.91. The molecule has 0 spiro atoms. The van der Waals surface area contributed by atoms with Crippen molar-refractivity contribution in [1.29, 1.82) is 0 Å². The molecule has 0 unspecified atom stereocenters. The highest BCUT2D eigenvalue weighted by atomic mass is 32.2. The van der Waals surface area contributed by atoms with E-state index in [9.17, 15) is 8.42 Å². The van der Waals surface area contributed by atoms with E-state index >= 15 is 0 Å². The van der Waals surface area contributed by atoms with Crippen molar-refractivity contribution in [3.63, 3.8) is 0 Å². The second-order valence-corrected chi connectivity index (χ2v) is 10.2. The van der Waals surface area contributed by atoms with Crippen LogP contribution in [0.15, 0.2) is 22.7 Å². The number of nitrogens with zero attached hydrogens (tertiary/aromatic N) is 2. The second-order valence-electron chi connectivity index (χ2n) is 7.67. The Morgan fingerprint density at radius 2 is 1.96 bits per heavy atom. The molecule has 0 bridgehead atoms. The standard InChI is InChI=1S/C17H26N4O3S/c1-17(2,3)25(22,23)19-11-12-6-8-13(9-7-12)20-16-21-14-5-4-10-18-15(14)24-16/h4-5,10,12-13,19H,6-9,11H2,1-3H3,(H,20,21). The fraction of sp³-hybridized carbons (Fsp3) is 0.647. The van der Waals surface area contributed by atoms with Gasteiger partial charge in [-0.05, 0) is 64.5 Å². The summed E-state index contributed by atoms with van der Waals surface area (Å²) >= 11 is 0. The van der Waals surface area contributed by atoms with E-state index in [4.69, 9.17) is 4.42 Å². The molecule has 7 nitrogen and oxygen atoms in total. The fourth-order valence-electron chi connectivity index (χ4n) is 2.96. The maximum atomic E-state index is 12.1. The minimum absolute atomic E-state index is 0.295. The lowest BCUT2D eigenvalue weighted by Crippen LogP contribution is -2.42. The first kappa shape index (κ1) is 18.1. The van der Waals surface area contributed by atoms with Crippen LogP contribution in [0.4, 0.5) is 6.01 Å². The summed E-state index contributed by atoms with van der Waals surface area (Å²) in [6.45, 7) is 5.65. The Kier molecular flexibility index (Phi) is 5.02. The van der Waals surface area contributed by atoms with E-state index in [0.29, 0.717) is 30.2 Å². The summed E-state index contributed by atoms with van der Waals surface area (Å²) in [4.78, 5) is 8.53. The van der Waals surface area contributed by atoms with Gasteiger partial charge < -0.3 is 9.73 Å². The Morgan fingerprint density at radius 1 is 1.24 bits per heavy atom. The number of hydrogen-bond acceptors (Lipinski definition) is 6. The summed E-state index contributed by atoms with van der Waals surface area (Å²) in [5, 5.41) is 3.33. The highest BCUT2D eigenvalue weighted by Crippen LogP contribution is 2.27. The van der Waals surface area contributed by atoms with Gasteiger partial charge in [0.05, 0.1) is 4.75 Å². The van der Waals surface area contributed by atoms with Gasteiger partial charge in [-0.2, -0.15) is 4.98 Å². The van der Waals surface area contributed by atoms with E-state index in [0.717, 1.165) is 31.2 Å². The molecule has 0 radical (unpaired) electrons. The van der Waals surface area contributed by atoms with Crippen LogP contribution < -0.4 is 10.0 Å². The first-order valence-corrected chi connectivity index (χ1v) is 10.2. The molecule has 0 atom stereocenters. The number of fused-ring (bicyclic) bond motifs is 1. The Labute approximate surface area is 148 Å². The van der Waals surface area contributed by atoms with Gasteiger partial charge in [-0.3, -0.25) is 0 Å². The normalized spacial score (nSPS) is 22.2. The first-order chi connectivity index (χ1) is 11.7. The maximum Gasteiger partial charge on any atom is 0.297 e. The van der Waals surface area contributed by atoms with Crippen LogP contribution >= 0.6 is 0 Å². The molecule has 0 amide bonds. The van der Waals surface area contributed by atoms with Gasteiger partial charge in [-0.25, -0.2) is 18.1 Å². The monoisotopic (exact) mass is 366 g/mol. The molecule has 138 valence electrons. The lowest BCUT2D eigenvalue weighted by atomic mass is 9.86. The van der Waals surface area contributed by atoms with Crippen LogP contribution in [0.5, 0.6) is 0 Å². The maximum absolute atomic E-state index is 12.1. The van der Waals surface area contributed by atoms with Crippen molar-refractivity contribution in [2.24, 2.45) is 5.92 Å². The summed E-state index contributed by atoms with van der Waals surface area (Å²) in [5.74, 6) is 0.375. The van der Waals surface area contributed by atoms with E-state index < -0.39 is 14.8 Å². The molecule has 25 heavy (non-hydrogen) atoms. The number of oxazole rings is 1. The van der Waals surface area contributed by atoms with Crippen molar-refractivity contribution < 1.29 is 12.8 Å². The molecule has 2 aromatic heterocycles. The zero-order chi connectivity index (χ0) is 18.1. The molecule has 2 N–H and O–H groups in total. The highest BCUT2D eigenvalue weighted by molar-refractivity contribution is 7.90. The molecule has 1 aliphatic carbocycles. The average molecular weight is 366 g/mol. The Hall–Kier alpha value is -1.67. The smallest absolute Gasteiger partial charge is 0.297 e. The first-order valence-electron chi connectivity index (χ1n) is 8.72. The van der Waals surface area contributed by atoms with Gasteiger partial charge >= 0.3 is 0 Å². The van der Waals surface area contributed by atoms with Crippen molar-refractivity contribution in [2.45, 2.75) is 57.2 Å².